The van der Waals surface area contributed by atoms with Gasteiger partial charge in [0.2, 0.25) is 0 Å². The van der Waals surface area contributed by atoms with Gasteiger partial charge >= 0.3 is 5.97 Å². The number of amides is 1. The molecule has 0 aromatic heterocycles. The quantitative estimate of drug-likeness (QED) is 0.842. The predicted molar refractivity (Wildman–Crippen MR) is 73.7 cm³/mol. The first-order chi connectivity index (χ1) is 9.66. The molecule has 5 nitrogen and oxygen atoms in total. The summed E-state index contributed by atoms with van der Waals surface area (Å²) in [6, 6.07) is 6.54. The molecule has 1 aliphatic rings. The van der Waals surface area contributed by atoms with E-state index in [9.17, 15) is 9.59 Å². The summed E-state index contributed by atoms with van der Waals surface area (Å²) in [5, 5.41) is 2.97. The van der Waals surface area contributed by atoms with Crippen LogP contribution in [0.1, 0.15) is 23.2 Å². The molecule has 20 heavy (non-hydrogen) atoms. The molecule has 1 atom stereocenters. The largest absolute Gasteiger partial charge is 0.452 e. The van der Waals surface area contributed by atoms with Crippen LogP contribution in [0.4, 0.5) is 0 Å². The van der Waals surface area contributed by atoms with Crippen LogP contribution in [0.2, 0.25) is 5.02 Å². The minimum atomic E-state index is -0.608. The summed E-state index contributed by atoms with van der Waals surface area (Å²) in [5.74, 6) is -0.955. The van der Waals surface area contributed by atoms with Crippen molar-refractivity contribution < 1.29 is 19.1 Å². The van der Waals surface area contributed by atoms with Gasteiger partial charge in [0.25, 0.3) is 5.91 Å². The van der Waals surface area contributed by atoms with Gasteiger partial charge in [0.05, 0.1) is 16.7 Å². The number of nitrogens with one attached hydrogen (secondary N) is 1. The second kappa shape index (κ2) is 7.26. The van der Waals surface area contributed by atoms with Gasteiger partial charge in [0.15, 0.2) is 6.61 Å². The van der Waals surface area contributed by atoms with E-state index in [2.05, 4.69) is 5.32 Å². The zero-order valence-electron chi connectivity index (χ0n) is 10.9. The van der Waals surface area contributed by atoms with E-state index in [1.165, 1.54) is 0 Å². The highest BCUT2D eigenvalue weighted by atomic mass is 35.5. The lowest BCUT2D eigenvalue weighted by molar-refractivity contribution is -0.124. The fraction of sp³-hybridized carbons (Fsp3) is 0.429. The lowest BCUT2D eigenvalue weighted by Crippen LogP contribution is -2.34. The summed E-state index contributed by atoms with van der Waals surface area (Å²) < 4.78 is 10.3. The van der Waals surface area contributed by atoms with E-state index < -0.39 is 5.97 Å². The minimum absolute atomic E-state index is 0.0678. The van der Waals surface area contributed by atoms with Crippen LogP contribution in [0.3, 0.4) is 0 Å². The van der Waals surface area contributed by atoms with Gasteiger partial charge in [-0.05, 0) is 25.0 Å². The molecule has 2 rings (SSSR count). The van der Waals surface area contributed by atoms with Gasteiger partial charge in [-0.3, -0.25) is 4.79 Å². The second-order valence-electron chi connectivity index (χ2n) is 4.50. The highest BCUT2D eigenvalue weighted by molar-refractivity contribution is 6.33. The Kier molecular flexibility index (Phi) is 5.38. The summed E-state index contributed by atoms with van der Waals surface area (Å²) in [6.45, 7) is 0.862. The van der Waals surface area contributed by atoms with E-state index in [-0.39, 0.29) is 24.2 Å². The van der Waals surface area contributed by atoms with Crippen LogP contribution in [-0.2, 0) is 14.3 Å². The molecule has 1 saturated heterocycles. The van der Waals surface area contributed by atoms with Crippen LogP contribution in [0.25, 0.3) is 0 Å². The fourth-order valence-electron chi connectivity index (χ4n) is 1.92. The van der Waals surface area contributed by atoms with Gasteiger partial charge in [-0.1, -0.05) is 23.7 Å². The first-order valence-electron chi connectivity index (χ1n) is 6.47. The van der Waals surface area contributed by atoms with Crippen molar-refractivity contribution in [1.82, 2.24) is 5.32 Å². The highest BCUT2D eigenvalue weighted by Gasteiger charge is 2.17. The maximum Gasteiger partial charge on any atom is 0.340 e. The highest BCUT2D eigenvalue weighted by Crippen LogP contribution is 2.15. The van der Waals surface area contributed by atoms with E-state index in [0.717, 1.165) is 19.4 Å². The molecule has 1 amide bonds. The molecule has 0 spiro atoms. The maximum absolute atomic E-state index is 11.7. The third-order valence-electron chi connectivity index (χ3n) is 2.98. The molecule has 1 fully saturated rings. The summed E-state index contributed by atoms with van der Waals surface area (Å²) in [4.78, 5) is 23.3. The molecule has 6 heteroatoms. The smallest absolute Gasteiger partial charge is 0.340 e. The zero-order chi connectivity index (χ0) is 14.4. The molecule has 1 aliphatic heterocycles. The van der Waals surface area contributed by atoms with E-state index >= 15 is 0 Å². The molecular weight excluding hydrogens is 282 g/mol. The number of esters is 1. The molecule has 0 saturated carbocycles. The summed E-state index contributed by atoms with van der Waals surface area (Å²) in [5.41, 5.74) is 0.251. The van der Waals surface area contributed by atoms with Crippen LogP contribution in [0.15, 0.2) is 24.3 Å². The molecule has 0 unspecified atom stereocenters. The Hall–Kier alpha value is -1.59. The molecule has 0 aliphatic carbocycles. The zero-order valence-corrected chi connectivity index (χ0v) is 11.7. The Morgan fingerprint density at radius 2 is 2.20 bits per heavy atom. The molecular formula is C14H16ClNO4. The normalized spacial score (nSPS) is 17.8. The monoisotopic (exact) mass is 297 g/mol. The standard InChI is InChI=1S/C14H16ClNO4/c15-12-6-2-1-5-11(12)14(18)20-9-13(17)16-8-10-4-3-7-19-10/h1-2,5-6,10H,3-4,7-9H2,(H,16,17)/t10-/m0/s1. The summed E-state index contributed by atoms with van der Waals surface area (Å²) in [7, 11) is 0. The fourth-order valence-corrected chi connectivity index (χ4v) is 2.13. The number of carbonyl (C=O) groups is 2. The number of halogens is 1. The lowest BCUT2D eigenvalue weighted by Gasteiger charge is -2.11. The summed E-state index contributed by atoms with van der Waals surface area (Å²) in [6.07, 6.45) is 2.03. The number of hydrogen-bond acceptors (Lipinski definition) is 4. The third-order valence-corrected chi connectivity index (χ3v) is 3.31. The number of ether oxygens (including phenoxy) is 2. The Labute approximate surface area is 122 Å². The van der Waals surface area contributed by atoms with Crippen molar-refractivity contribution >= 4 is 23.5 Å². The van der Waals surface area contributed by atoms with Gasteiger partial charge in [0, 0.05) is 13.2 Å². The maximum atomic E-state index is 11.7. The van der Waals surface area contributed by atoms with Crippen LogP contribution in [-0.4, -0.2) is 37.7 Å². The molecule has 1 heterocycles. The van der Waals surface area contributed by atoms with Gasteiger partial charge in [0.1, 0.15) is 0 Å². The number of rotatable bonds is 5. The SMILES string of the molecule is O=C(COC(=O)c1ccccc1Cl)NC[C@@H]1CCCO1. The van der Waals surface area contributed by atoms with E-state index in [1.807, 2.05) is 0 Å². The van der Waals surface area contributed by atoms with Crippen molar-refractivity contribution in [1.29, 1.82) is 0 Å². The van der Waals surface area contributed by atoms with Crippen molar-refractivity contribution in [2.75, 3.05) is 19.8 Å². The van der Waals surface area contributed by atoms with Crippen molar-refractivity contribution in [2.24, 2.45) is 0 Å². The van der Waals surface area contributed by atoms with Crippen LogP contribution in [0, 0.1) is 0 Å². The molecule has 1 N–H and O–H groups in total. The van der Waals surface area contributed by atoms with Crippen LogP contribution < -0.4 is 5.32 Å². The van der Waals surface area contributed by atoms with Gasteiger partial charge in [-0.2, -0.15) is 0 Å². The Morgan fingerprint density at radius 1 is 1.40 bits per heavy atom. The van der Waals surface area contributed by atoms with Crippen molar-refractivity contribution in [3.8, 4) is 0 Å². The van der Waals surface area contributed by atoms with Crippen LogP contribution >= 0.6 is 11.6 Å². The van der Waals surface area contributed by atoms with Gasteiger partial charge in [-0.15, -0.1) is 0 Å². The average molecular weight is 298 g/mol. The third kappa shape index (κ3) is 4.21. The number of hydrogen-bond donors (Lipinski definition) is 1. The van der Waals surface area contributed by atoms with Gasteiger partial charge < -0.3 is 14.8 Å². The number of benzene rings is 1. The molecule has 108 valence electrons. The summed E-state index contributed by atoms with van der Waals surface area (Å²) >= 11 is 5.86. The molecule has 0 bridgehead atoms. The van der Waals surface area contributed by atoms with Gasteiger partial charge in [-0.25, -0.2) is 4.79 Å². The molecule has 1 aromatic carbocycles. The average Bonchev–Trinajstić information content (AvgIpc) is 2.96. The van der Waals surface area contributed by atoms with E-state index in [1.54, 1.807) is 24.3 Å². The topological polar surface area (TPSA) is 64.6 Å². The van der Waals surface area contributed by atoms with Crippen molar-refractivity contribution in [2.45, 2.75) is 18.9 Å². The number of carbonyl (C=O) groups excluding carboxylic acids is 2. The second-order valence-corrected chi connectivity index (χ2v) is 4.90. The predicted octanol–water partition coefficient (Wildman–Crippen LogP) is 1.79. The van der Waals surface area contributed by atoms with E-state index in [4.69, 9.17) is 21.1 Å². The first-order valence-corrected chi connectivity index (χ1v) is 6.84. The first kappa shape index (κ1) is 14.8. The Balaban J connectivity index is 1.72. The van der Waals surface area contributed by atoms with Crippen molar-refractivity contribution in [3.63, 3.8) is 0 Å². The minimum Gasteiger partial charge on any atom is -0.452 e. The molecule has 1 aromatic rings. The van der Waals surface area contributed by atoms with E-state index in [0.29, 0.717) is 11.6 Å². The molecule has 0 radical (unpaired) electrons. The van der Waals surface area contributed by atoms with Crippen LogP contribution in [0.5, 0.6) is 0 Å². The Bertz CT molecular complexity index is 486. The Morgan fingerprint density at radius 3 is 2.90 bits per heavy atom. The lowest BCUT2D eigenvalue weighted by atomic mass is 10.2. The van der Waals surface area contributed by atoms with Crippen molar-refractivity contribution in [3.05, 3.63) is 34.9 Å².